The van der Waals surface area contributed by atoms with Crippen LogP contribution in [0.2, 0.25) is 0 Å². The molecule has 0 aromatic carbocycles. The molecule has 0 saturated carbocycles. The molecule has 0 aliphatic rings. The van der Waals surface area contributed by atoms with Crippen LogP contribution in [0.5, 0.6) is 0 Å². The molecule has 7 nitrogen and oxygen atoms in total. The lowest BCUT2D eigenvalue weighted by atomic mass is 10.1. The van der Waals surface area contributed by atoms with Crippen molar-refractivity contribution in [1.82, 2.24) is 14.5 Å². The van der Waals surface area contributed by atoms with E-state index in [4.69, 9.17) is 5.11 Å². The molecule has 0 aliphatic heterocycles. The van der Waals surface area contributed by atoms with Crippen molar-refractivity contribution < 1.29 is 18.3 Å². The number of carbonyl (C=O) groups is 1. The van der Waals surface area contributed by atoms with Gasteiger partial charge < -0.3 is 5.11 Å². The topological polar surface area (TPSA) is 101 Å². The van der Waals surface area contributed by atoms with Crippen LogP contribution >= 0.6 is 0 Å². The van der Waals surface area contributed by atoms with Crippen LogP contribution < -0.4 is 4.72 Å². The standard InChI is InChI=1S/C13H23N3O4S/c1-8(2)9(3)15-21(19,20)13-10(4)14-16(11(13)5)7-6-12(17)18/h8-9,15H,6-7H2,1-5H3,(H,17,18). The summed E-state index contributed by atoms with van der Waals surface area (Å²) in [6.45, 7) is 9.07. The molecule has 120 valence electrons. The molecule has 0 saturated heterocycles. The normalized spacial score (nSPS) is 13.6. The number of rotatable bonds is 7. The van der Waals surface area contributed by atoms with Gasteiger partial charge in [-0.05, 0) is 26.7 Å². The number of aliphatic carboxylic acids is 1. The van der Waals surface area contributed by atoms with E-state index in [-0.39, 0.29) is 29.8 Å². The molecule has 21 heavy (non-hydrogen) atoms. The van der Waals surface area contributed by atoms with Crippen LogP contribution in [0.4, 0.5) is 0 Å². The predicted octanol–water partition coefficient (Wildman–Crippen LogP) is 1.30. The molecule has 2 N–H and O–H groups in total. The molecule has 1 aromatic heterocycles. The van der Waals surface area contributed by atoms with Gasteiger partial charge in [0.25, 0.3) is 0 Å². The first-order valence-electron chi connectivity index (χ1n) is 6.84. The summed E-state index contributed by atoms with van der Waals surface area (Å²) in [5.41, 5.74) is 0.832. The second-order valence-corrected chi connectivity index (χ2v) is 7.17. The molecule has 0 spiro atoms. The van der Waals surface area contributed by atoms with E-state index in [2.05, 4.69) is 9.82 Å². The average molecular weight is 317 g/mol. The van der Waals surface area contributed by atoms with E-state index >= 15 is 0 Å². The number of nitrogens with zero attached hydrogens (tertiary/aromatic N) is 2. The summed E-state index contributed by atoms with van der Waals surface area (Å²) in [5, 5.41) is 12.8. The molecular weight excluding hydrogens is 294 g/mol. The number of hydrogen-bond acceptors (Lipinski definition) is 4. The third-order valence-electron chi connectivity index (χ3n) is 3.46. The summed E-state index contributed by atoms with van der Waals surface area (Å²) in [6.07, 6.45) is -0.0999. The highest BCUT2D eigenvalue weighted by atomic mass is 32.2. The Morgan fingerprint density at radius 2 is 1.90 bits per heavy atom. The molecule has 1 heterocycles. The zero-order valence-electron chi connectivity index (χ0n) is 13.0. The number of carboxylic acids is 1. The van der Waals surface area contributed by atoms with Crippen molar-refractivity contribution in [2.75, 3.05) is 0 Å². The largest absolute Gasteiger partial charge is 0.481 e. The van der Waals surface area contributed by atoms with E-state index in [1.165, 1.54) is 4.68 Å². The van der Waals surface area contributed by atoms with E-state index < -0.39 is 16.0 Å². The lowest BCUT2D eigenvalue weighted by Gasteiger charge is -2.17. The molecule has 0 radical (unpaired) electrons. The van der Waals surface area contributed by atoms with Gasteiger partial charge in [0, 0.05) is 6.04 Å². The fraction of sp³-hybridized carbons (Fsp3) is 0.692. The molecule has 0 bridgehead atoms. The molecule has 1 rings (SSSR count). The summed E-state index contributed by atoms with van der Waals surface area (Å²) in [5.74, 6) is -0.777. The third kappa shape index (κ3) is 4.28. The first kappa shape index (κ1) is 17.6. The number of hydrogen-bond donors (Lipinski definition) is 2. The van der Waals surface area contributed by atoms with Crippen LogP contribution in [-0.2, 0) is 21.4 Å². The monoisotopic (exact) mass is 317 g/mol. The Labute approximate surface area is 125 Å². The quantitative estimate of drug-likeness (QED) is 0.789. The second-order valence-electron chi connectivity index (χ2n) is 5.52. The Bertz CT molecular complexity index is 620. The number of aromatic nitrogens is 2. The summed E-state index contributed by atoms with van der Waals surface area (Å²) < 4.78 is 29.0. The van der Waals surface area contributed by atoms with Gasteiger partial charge in [-0.2, -0.15) is 5.10 Å². The minimum absolute atomic E-state index is 0.0999. The molecule has 0 amide bonds. The van der Waals surface area contributed by atoms with Crippen molar-refractivity contribution in [3.63, 3.8) is 0 Å². The maximum Gasteiger partial charge on any atom is 0.305 e. The summed E-state index contributed by atoms with van der Waals surface area (Å²) in [6, 6.07) is -0.198. The number of sulfonamides is 1. The van der Waals surface area contributed by atoms with Gasteiger partial charge in [0.2, 0.25) is 10.0 Å². The van der Waals surface area contributed by atoms with E-state index in [0.717, 1.165) is 0 Å². The van der Waals surface area contributed by atoms with Crippen molar-refractivity contribution in [3.8, 4) is 0 Å². The Hall–Kier alpha value is -1.41. The van der Waals surface area contributed by atoms with E-state index in [9.17, 15) is 13.2 Å². The van der Waals surface area contributed by atoms with Gasteiger partial charge in [-0.3, -0.25) is 9.48 Å². The minimum atomic E-state index is -3.66. The molecule has 1 unspecified atom stereocenters. The van der Waals surface area contributed by atoms with Gasteiger partial charge >= 0.3 is 5.97 Å². The lowest BCUT2D eigenvalue weighted by molar-refractivity contribution is -0.137. The molecule has 8 heteroatoms. The molecule has 0 aliphatic carbocycles. The highest BCUT2D eigenvalue weighted by molar-refractivity contribution is 7.89. The van der Waals surface area contributed by atoms with Gasteiger partial charge in [-0.15, -0.1) is 0 Å². The van der Waals surface area contributed by atoms with E-state index in [0.29, 0.717) is 11.4 Å². The van der Waals surface area contributed by atoms with Crippen molar-refractivity contribution in [1.29, 1.82) is 0 Å². The highest BCUT2D eigenvalue weighted by Gasteiger charge is 2.26. The van der Waals surface area contributed by atoms with Crippen LogP contribution in [0.3, 0.4) is 0 Å². The fourth-order valence-corrected chi connectivity index (χ4v) is 3.73. The smallest absolute Gasteiger partial charge is 0.305 e. The van der Waals surface area contributed by atoms with Crippen LogP contribution in [-0.4, -0.2) is 35.3 Å². The molecule has 1 aromatic rings. The lowest BCUT2D eigenvalue weighted by Crippen LogP contribution is -2.36. The maximum atomic E-state index is 12.5. The number of carboxylic acid groups (broad SMARTS) is 1. The molecule has 1 atom stereocenters. The Balaban J connectivity index is 3.10. The third-order valence-corrected chi connectivity index (χ3v) is 5.27. The number of aryl methyl sites for hydroxylation is 2. The van der Waals surface area contributed by atoms with E-state index in [1.807, 2.05) is 20.8 Å². The van der Waals surface area contributed by atoms with Crippen molar-refractivity contribution >= 4 is 16.0 Å². The van der Waals surface area contributed by atoms with Crippen LogP contribution in [0.15, 0.2) is 4.90 Å². The zero-order chi connectivity index (χ0) is 16.4. The van der Waals surface area contributed by atoms with Gasteiger partial charge in [0.15, 0.2) is 0 Å². The summed E-state index contributed by atoms with van der Waals surface area (Å²) >= 11 is 0. The molecule has 0 fully saturated rings. The minimum Gasteiger partial charge on any atom is -0.481 e. The van der Waals surface area contributed by atoms with Crippen molar-refractivity contribution in [2.24, 2.45) is 5.92 Å². The van der Waals surface area contributed by atoms with Gasteiger partial charge in [-0.1, -0.05) is 13.8 Å². The summed E-state index contributed by atoms with van der Waals surface area (Å²) in [4.78, 5) is 10.8. The summed E-state index contributed by atoms with van der Waals surface area (Å²) in [7, 11) is -3.66. The molecular formula is C13H23N3O4S. The Morgan fingerprint density at radius 3 is 2.38 bits per heavy atom. The van der Waals surface area contributed by atoms with Crippen LogP contribution in [0, 0.1) is 19.8 Å². The van der Waals surface area contributed by atoms with E-state index in [1.54, 1.807) is 13.8 Å². The van der Waals surface area contributed by atoms with Gasteiger partial charge in [0.05, 0.1) is 24.4 Å². The van der Waals surface area contributed by atoms with Gasteiger partial charge in [0.1, 0.15) is 4.90 Å². The first-order valence-corrected chi connectivity index (χ1v) is 8.32. The predicted molar refractivity (Wildman–Crippen MR) is 78.6 cm³/mol. The fourth-order valence-electron chi connectivity index (χ4n) is 1.93. The Kier molecular flexibility index (Phi) is 5.52. The van der Waals surface area contributed by atoms with Crippen molar-refractivity contribution in [3.05, 3.63) is 11.4 Å². The maximum absolute atomic E-state index is 12.5. The Morgan fingerprint density at radius 1 is 1.33 bits per heavy atom. The van der Waals surface area contributed by atoms with Gasteiger partial charge in [-0.25, -0.2) is 13.1 Å². The van der Waals surface area contributed by atoms with Crippen molar-refractivity contribution in [2.45, 2.75) is 58.5 Å². The second kappa shape index (κ2) is 6.57. The number of nitrogens with one attached hydrogen (secondary N) is 1. The average Bonchev–Trinajstić information content (AvgIpc) is 2.61. The van der Waals surface area contributed by atoms with Crippen LogP contribution in [0.25, 0.3) is 0 Å². The zero-order valence-corrected chi connectivity index (χ0v) is 13.9. The highest BCUT2D eigenvalue weighted by Crippen LogP contribution is 2.20. The first-order chi connectivity index (χ1) is 9.56. The SMILES string of the molecule is Cc1nn(CCC(=O)O)c(C)c1S(=O)(=O)NC(C)C(C)C. The van der Waals surface area contributed by atoms with Crippen LogP contribution in [0.1, 0.15) is 38.6 Å².